The van der Waals surface area contributed by atoms with Gasteiger partial charge in [-0.1, -0.05) is 31.6 Å². The number of aliphatic hydroxyl groups is 1. The number of halogens is 5. The average molecular weight is 212 g/mol. The van der Waals surface area contributed by atoms with Gasteiger partial charge < -0.3 is 5.11 Å². The second-order valence-corrected chi connectivity index (χ2v) is 5.06. The molecule has 0 aromatic carbocycles. The lowest BCUT2D eigenvalue weighted by Gasteiger charge is -2.39. The van der Waals surface area contributed by atoms with E-state index in [2.05, 4.69) is 0 Å². The summed E-state index contributed by atoms with van der Waals surface area (Å²) in [6, 6.07) is 0. The van der Waals surface area contributed by atoms with Crippen molar-refractivity contribution in [1.29, 1.82) is 0 Å². The lowest BCUT2D eigenvalue weighted by atomic mass is 10.4. The molecule has 12 heavy (non-hydrogen) atoms. The van der Waals surface area contributed by atoms with E-state index in [-0.39, 0.29) is 6.08 Å². The van der Waals surface area contributed by atoms with Crippen LogP contribution in [0.2, 0.25) is 0 Å². The van der Waals surface area contributed by atoms with Crippen molar-refractivity contribution in [2.24, 2.45) is 0 Å². The maximum Gasteiger partial charge on any atom is 0.288 e. The molecule has 1 atom stereocenters. The van der Waals surface area contributed by atoms with Crippen LogP contribution in [0.3, 0.4) is 0 Å². The van der Waals surface area contributed by atoms with Gasteiger partial charge >= 0.3 is 0 Å². The van der Waals surface area contributed by atoms with Crippen LogP contribution in [0.4, 0.5) is 19.4 Å². The Balaban J connectivity index is 4.31. The molecule has 0 rings (SSSR count). The van der Waals surface area contributed by atoms with Gasteiger partial charge in [-0.05, 0) is 6.92 Å². The Hall–Kier alpha value is -0.300. The van der Waals surface area contributed by atoms with E-state index in [9.17, 15) is 19.4 Å². The maximum atomic E-state index is 11.5. The summed E-state index contributed by atoms with van der Waals surface area (Å²) < 4.78 is 57.7. The van der Waals surface area contributed by atoms with Gasteiger partial charge in [0.2, 0.25) is 0 Å². The molecule has 0 aliphatic heterocycles. The highest BCUT2D eigenvalue weighted by atomic mass is 32.5. The molecule has 0 heterocycles. The average Bonchev–Trinajstić information content (AvgIpc) is 1.54. The molecule has 1 unspecified atom stereocenters. The van der Waals surface area contributed by atoms with Gasteiger partial charge in [-0.3, -0.25) is 0 Å². The van der Waals surface area contributed by atoms with Crippen LogP contribution in [-0.2, 0) is 0 Å². The SMILES string of the molecule is CC(O)/C=C/CS(F)(F)(F)(F)F. The van der Waals surface area contributed by atoms with Crippen molar-refractivity contribution in [1.82, 2.24) is 0 Å². The first kappa shape index (κ1) is 11.7. The molecule has 0 bridgehead atoms. The van der Waals surface area contributed by atoms with Crippen LogP contribution in [0.15, 0.2) is 12.2 Å². The molecule has 0 fully saturated rings. The molecule has 0 radical (unpaired) electrons. The summed E-state index contributed by atoms with van der Waals surface area (Å²) in [5.74, 6) is -2.26. The maximum absolute atomic E-state index is 11.5. The first-order valence-electron chi connectivity index (χ1n) is 2.97. The monoisotopic (exact) mass is 212 g/mol. The molecule has 0 aliphatic carbocycles. The molecule has 76 valence electrons. The molecule has 1 nitrogen and oxygen atoms in total. The standard InChI is InChI=1S/C5H9F5OS/c1-5(11)3-2-4-12(6,7,8,9)10/h2-3,5,11H,4H2,1H3/b3-2+. The summed E-state index contributed by atoms with van der Waals surface area (Å²) in [7, 11) is -9.31. The highest BCUT2D eigenvalue weighted by Crippen LogP contribution is 2.97. The van der Waals surface area contributed by atoms with Crippen LogP contribution >= 0.6 is 10.2 Å². The molecule has 1 N–H and O–H groups in total. The zero-order valence-electron chi connectivity index (χ0n) is 6.18. The number of rotatable bonds is 3. The normalized spacial score (nSPS) is 21.9. The zero-order valence-corrected chi connectivity index (χ0v) is 7.00. The van der Waals surface area contributed by atoms with E-state index in [1.807, 2.05) is 0 Å². The minimum absolute atomic E-state index is 0.228. The van der Waals surface area contributed by atoms with E-state index in [0.717, 1.165) is 0 Å². The summed E-state index contributed by atoms with van der Waals surface area (Å²) in [6.07, 6.45) is -0.255. The van der Waals surface area contributed by atoms with Crippen LogP contribution in [0.5, 0.6) is 0 Å². The van der Waals surface area contributed by atoms with Crippen LogP contribution in [0, 0.1) is 0 Å². The minimum Gasteiger partial charge on any atom is -0.389 e. The zero-order chi connectivity index (χ0) is 10.1. The fraction of sp³-hybridized carbons (Fsp3) is 0.600. The molecule has 0 saturated carbocycles. The van der Waals surface area contributed by atoms with E-state index in [4.69, 9.17) is 5.11 Å². The molecule has 0 amide bonds. The third-order valence-electron chi connectivity index (χ3n) is 0.826. The Labute approximate surface area is 66.6 Å². The topological polar surface area (TPSA) is 20.2 Å². The Morgan fingerprint density at radius 2 is 1.67 bits per heavy atom. The Bertz CT molecular complexity index is 189. The van der Waals surface area contributed by atoms with Crippen molar-refractivity contribution in [3.8, 4) is 0 Å². The van der Waals surface area contributed by atoms with Crippen LogP contribution in [0.25, 0.3) is 0 Å². The lowest BCUT2D eigenvalue weighted by Crippen LogP contribution is -2.09. The Morgan fingerprint density at radius 1 is 1.25 bits per heavy atom. The molecule has 0 aliphatic rings. The van der Waals surface area contributed by atoms with Gasteiger partial charge in [-0.15, -0.1) is 0 Å². The van der Waals surface area contributed by atoms with Gasteiger partial charge in [0.25, 0.3) is 10.2 Å². The first-order valence-corrected chi connectivity index (χ1v) is 5.09. The third kappa shape index (κ3) is 9.70. The molecule has 0 saturated heterocycles. The van der Waals surface area contributed by atoms with Crippen LogP contribution in [0.1, 0.15) is 6.92 Å². The Kier molecular flexibility index (Phi) is 2.29. The summed E-state index contributed by atoms with van der Waals surface area (Å²) in [5, 5.41) is 8.43. The molecule has 0 spiro atoms. The highest BCUT2D eigenvalue weighted by Gasteiger charge is 2.61. The van der Waals surface area contributed by atoms with Crippen LogP contribution < -0.4 is 0 Å². The second-order valence-electron chi connectivity index (χ2n) is 2.46. The predicted molar refractivity (Wildman–Crippen MR) is 38.8 cm³/mol. The smallest absolute Gasteiger partial charge is 0.288 e. The van der Waals surface area contributed by atoms with Gasteiger partial charge in [0.05, 0.1) is 6.10 Å². The van der Waals surface area contributed by atoms with Crippen molar-refractivity contribution in [2.45, 2.75) is 13.0 Å². The van der Waals surface area contributed by atoms with E-state index in [0.29, 0.717) is 6.08 Å². The molecule has 0 aromatic rings. The second kappa shape index (κ2) is 2.35. The largest absolute Gasteiger partial charge is 0.389 e. The molecule has 7 heteroatoms. The fourth-order valence-electron chi connectivity index (χ4n) is 0.434. The molecule has 0 aromatic heterocycles. The summed E-state index contributed by atoms with van der Waals surface area (Å²) in [6.45, 7) is 1.17. The van der Waals surface area contributed by atoms with Crippen molar-refractivity contribution < 1.29 is 24.5 Å². The minimum atomic E-state index is -9.31. The quantitative estimate of drug-likeness (QED) is 0.562. The van der Waals surface area contributed by atoms with Gasteiger partial charge in [0.1, 0.15) is 5.75 Å². The Morgan fingerprint density at radius 3 is 1.92 bits per heavy atom. The van der Waals surface area contributed by atoms with Gasteiger partial charge in [-0.2, -0.15) is 0 Å². The summed E-state index contributed by atoms with van der Waals surface area (Å²) in [5.41, 5.74) is 0. The molecular weight excluding hydrogens is 203 g/mol. The number of hydrogen-bond donors (Lipinski definition) is 1. The highest BCUT2D eigenvalue weighted by molar-refractivity contribution is 8.45. The van der Waals surface area contributed by atoms with Gasteiger partial charge in [-0.25, -0.2) is 0 Å². The summed E-state index contributed by atoms with van der Waals surface area (Å²) >= 11 is 0. The predicted octanol–water partition coefficient (Wildman–Crippen LogP) is 3.22. The number of aliphatic hydroxyl groups excluding tert-OH is 1. The van der Waals surface area contributed by atoms with Crippen LogP contribution in [-0.4, -0.2) is 17.0 Å². The lowest BCUT2D eigenvalue weighted by molar-refractivity contribution is 0.244. The van der Waals surface area contributed by atoms with E-state index in [1.54, 1.807) is 0 Å². The van der Waals surface area contributed by atoms with E-state index >= 15 is 0 Å². The van der Waals surface area contributed by atoms with Crippen molar-refractivity contribution in [3.05, 3.63) is 12.2 Å². The molecular formula is C5H9F5OS. The summed E-state index contributed by atoms with van der Waals surface area (Å²) in [4.78, 5) is 0. The third-order valence-corrected chi connectivity index (χ3v) is 1.65. The van der Waals surface area contributed by atoms with Crippen molar-refractivity contribution in [3.63, 3.8) is 0 Å². The van der Waals surface area contributed by atoms with Gasteiger partial charge in [0.15, 0.2) is 0 Å². The van der Waals surface area contributed by atoms with E-state index < -0.39 is 22.1 Å². The number of hydrogen-bond acceptors (Lipinski definition) is 1. The van der Waals surface area contributed by atoms with Gasteiger partial charge in [0, 0.05) is 0 Å². The van der Waals surface area contributed by atoms with Crippen molar-refractivity contribution >= 4 is 10.2 Å². The first-order chi connectivity index (χ1) is 4.89. The fourth-order valence-corrected chi connectivity index (χ4v) is 0.909. The van der Waals surface area contributed by atoms with Crippen molar-refractivity contribution in [2.75, 3.05) is 5.75 Å². The van der Waals surface area contributed by atoms with E-state index in [1.165, 1.54) is 6.92 Å².